The second kappa shape index (κ2) is 8.88. The highest BCUT2D eigenvalue weighted by Gasteiger charge is 2.26. The Morgan fingerprint density at radius 2 is 1.35 bits per heavy atom. The molecule has 1 atom stereocenters. The van der Waals surface area contributed by atoms with Crippen molar-refractivity contribution in [2.24, 2.45) is 0 Å². The van der Waals surface area contributed by atoms with E-state index in [9.17, 15) is 0 Å². The highest BCUT2D eigenvalue weighted by molar-refractivity contribution is 5.25. The topological polar surface area (TPSA) is 3.24 Å². The zero-order valence-electron chi connectivity index (χ0n) is 15.0. The van der Waals surface area contributed by atoms with E-state index in [2.05, 4.69) is 86.3 Å². The van der Waals surface area contributed by atoms with Gasteiger partial charge in [-0.25, -0.2) is 0 Å². The van der Waals surface area contributed by atoms with Crippen molar-refractivity contribution in [2.75, 3.05) is 19.6 Å². The van der Waals surface area contributed by atoms with Gasteiger partial charge in [0.1, 0.15) is 0 Å². The zero-order valence-corrected chi connectivity index (χ0v) is 15.0. The van der Waals surface area contributed by atoms with Gasteiger partial charge < -0.3 is 4.90 Å². The third-order valence-electron chi connectivity index (χ3n) is 5.15. The second-order valence-corrected chi connectivity index (χ2v) is 6.69. The van der Waals surface area contributed by atoms with Gasteiger partial charge in [-0.2, -0.15) is 0 Å². The number of aryl methyl sites for hydroxylation is 1. The Balaban J connectivity index is 2.10. The molecule has 0 aliphatic rings. The van der Waals surface area contributed by atoms with E-state index in [1.807, 2.05) is 0 Å². The summed E-state index contributed by atoms with van der Waals surface area (Å²) in [5, 5.41) is 0. The van der Waals surface area contributed by atoms with Crippen molar-refractivity contribution >= 4 is 0 Å². The van der Waals surface area contributed by atoms with Gasteiger partial charge in [0.05, 0.1) is 0 Å². The molecular weight excluding hydrogens is 278 g/mol. The van der Waals surface area contributed by atoms with Crippen LogP contribution in [0.1, 0.15) is 44.7 Å². The smallest absolute Gasteiger partial charge is 0.00106 e. The summed E-state index contributed by atoms with van der Waals surface area (Å²) in [7, 11) is 0. The molecule has 0 radical (unpaired) electrons. The van der Waals surface area contributed by atoms with Crippen molar-refractivity contribution in [2.45, 2.75) is 45.4 Å². The van der Waals surface area contributed by atoms with Gasteiger partial charge in [-0.1, -0.05) is 81.4 Å². The standard InChI is InChI=1S/C22H31N/c1-4-23(5-2)19-18-22(3,21-14-10-7-11-15-21)17-16-20-12-8-6-9-13-20/h6-15H,4-5,16-19H2,1-3H3. The average molecular weight is 309 g/mol. The van der Waals surface area contributed by atoms with Gasteiger partial charge in [-0.15, -0.1) is 0 Å². The van der Waals surface area contributed by atoms with Crippen LogP contribution < -0.4 is 0 Å². The first-order valence-corrected chi connectivity index (χ1v) is 8.99. The zero-order chi connectivity index (χ0) is 16.5. The summed E-state index contributed by atoms with van der Waals surface area (Å²) in [5.74, 6) is 0. The van der Waals surface area contributed by atoms with Crippen LogP contribution in [-0.2, 0) is 11.8 Å². The van der Waals surface area contributed by atoms with Gasteiger partial charge in [-0.05, 0) is 55.4 Å². The molecule has 0 amide bonds. The van der Waals surface area contributed by atoms with E-state index < -0.39 is 0 Å². The molecule has 0 bridgehead atoms. The number of rotatable bonds is 9. The van der Waals surface area contributed by atoms with Crippen LogP contribution in [0, 0.1) is 0 Å². The van der Waals surface area contributed by atoms with Gasteiger partial charge in [0, 0.05) is 0 Å². The van der Waals surface area contributed by atoms with Crippen LogP contribution in [0.4, 0.5) is 0 Å². The maximum Gasteiger partial charge on any atom is -0.00106 e. The first-order valence-electron chi connectivity index (χ1n) is 8.99. The molecule has 0 fully saturated rings. The van der Waals surface area contributed by atoms with Crippen molar-refractivity contribution in [3.8, 4) is 0 Å². The lowest BCUT2D eigenvalue weighted by Gasteiger charge is -2.33. The summed E-state index contributed by atoms with van der Waals surface area (Å²) in [6.07, 6.45) is 3.55. The summed E-state index contributed by atoms with van der Waals surface area (Å²) in [5.41, 5.74) is 3.15. The molecule has 23 heavy (non-hydrogen) atoms. The van der Waals surface area contributed by atoms with Crippen LogP contribution in [-0.4, -0.2) is 24.5 Å². The molecule has 2 aromatic rings. The van der Waals surface area contributed by atoms with Crippen molar-refractivity contribution < 1.29 is 0 Å². The van der Waals surface area contributed by atoms with Crippen molar-refractivity contribution in [1.29, 1.82) is 0 Å². The third kappa shape index (κ3) is 5.21. The van der Waals surface area contributed by atoms with Gasteiger partial charge in [0.25, 0.3) is 0 Å². The molecule has 0 spiro atoms. The molecule has 1 heteroatoms. The van der Waals surface area contributed by atoms with E-state index in [4.69, 9.17) is 0 Å². The van der Waals surface area contributed by atoms with Crippen LogP contribution >= 0.6 is 0 Å². The molecule has 0 aliphatic heterocycles. The summed E-state index contributed by atoms with van der Waals surface area (Å²) in [6, 6.07) is 21.9. The molecule has 0 aromatic heterocycles. The Labute approximate surface area is 142 Å². The monoisotopic (exact) mass is 309 g/mol. The van der Waals surface area contributed by atoms with Crippen LogP contribution in [0.3, 0.4) is 0 Å². The largest absolute Gasteiger partial charge is 0.304 e. The molecular formula is C22H31N. The summed E-state index contributed by atoms with van der Waals surface area (Å²) in [6.45, 7) is 10.4. The minimum Gasteiger partial charge on any atom is -0.304 e. The van der Waals surface area contributed by atoms with Crippen LogP contribution in [0.25, 0.3) is 0 Å². The number of hydrogen-bond donors (Lipinski definition) is 0. The van der Waals surface area contributed by atoms with Crippen molar-refractivity contribution in [3.63, 3.8) is 0 Å². The van der Waals surface area contributed by atoms with Gasteiger partial charge in [0.15, 0.2) is 0 Å². The Morgan fingerprint density at radius 1 is 0.783 bits per heavy atom. The van der Waals surface area contributed by atoms with Gasteiger partial charge >= 0.3 is 0 Å². The Morgan fingerprint density at radius 3 is 1.91 bits per heavy atom. The van der Waals surface area contributed by atoms with E-state index in [0.717, 1.165) is 19.5 Å². The van der Waals surface area contributed by atoms with E-state index in [0.29, 0.717) is 0 Å². The molecule has 1 nitrogen and oxygen atoms in total. The molecule has 0 heterocycles. The van der Waals surface area contributed by atoms with Crippen LogP contribution in [0.15, 0.2) is 60.7 Å². The summed E-state index contributed by atoms with van der Waals surface area (Å²) < 4.78 is 0. The molecule has 0 aliphatic carbocycles. The minimum absolute atomic E-state index is 0.236. The number of hydrogen-bond acceptors (Lipinski definition) is 1. The fourth-order valence-electron chi connectivity index (χ4n) is 3.26. The number of nitrogens with zero attached hydrogens (tertiary/aromatic N) is 1. The SMILES string of the molecule is CCN(CC)CCC(C)(CCc1ccccc1)c1ccccc1. The molecule has 124 valence electrons. The summed E-state index contributed by atoms with van der Waals surface area (Å²) >= 11 is 0. The first kappa shape index (κ1) is 17.7. The van der Waals surface area contributed by atoms with E-state index in [1.165, 1.54) is 30.5 Å². The normalized spacial score (nSPS) is 13.9. The molecule has 0 saturated carbocycles. The molecule has 2 aromatic carbocycles. The van der Waals surface area contributed by atoms with Crippen molar-refractivity contribution in [1.82, 2.24) is 4.90 Å². The van der Waals surface area contributed by atoms with Crippen molar-refractivity contribution in [3.05, 3.63) is 71.8 Å². The fourth-order valence-corrected chi connectivity index (χ4v) is 3.26. The highest BCUT2D eigenvalue weighted by atomic mass is 15.1. The number of benzene rings is 2. The van der Waals surface area contributed by atoms with Crippen LogP contribution in [0.2, 0.25) is 0 Å². The second-order valence-electron chi connectivity index (χ2n) is 6.69. The van der Waals surface area contributed by atoms with Crippen LogP contribution in [0.5, 0.6) is 0 Å². The Kier molecular flexibility index (Phi) is 6.85. The quantitative estimate of drug-likeness (QED) is 0.607. The Bertz CT molecular complexity index is 545. The van der Waals surface area contributed by atoms with Gasteiger partial charge in [-0.3, -0.25) is 0 Å². The lowest BCUT2D eigenvalue weighted by molar-refractivity contribution is 0.257. The van der Waals surface area contributed by atoms with E-state index in [1.54, 1.807) is 0 Å². The summed E-state index contributed by atoms with van der Waals surface area (Å²) in [4.78, 5) is 2.53. The Hall–Kier alpha value is -1.60. The molecule has 2 rings (SSSR count). The molecule has 1 unspecified atom stereocenters. The van der Waals surface area contributed by atoms with Gasteiger partial charge in [0.2, 0.25) is 0 Å². The maximum absolute atomic E-state index is 2.53. The third-order valence-corrected chi connectivity index (χ3v) is 5.15. The first-order chi connectivity index (χ1) is 11.2. The van der Waals surface area contributed by atoms with E-state index >= 15 is 0 Å². The maximum atomic E-state index is 2.53. The molecule has 0 saturated heterocycles. The molecule has 0 N–H and O–H groups in total. The lowest BCUT2D eigenvalue weighted by atomic mass is 9.75. The minimum atomic E-state index is 0.236. The predicted octanol–water partition coefficient (Wildman–Crippen LogP) is 5.31. The highest BCUT2D eigenvalue weighted by Crippen LogP contribution is 2.33. The van der Waals surface area contributed by atoms with E-state index in [-0.39, 0.29) is 5.41 Å². The lowest BCUT2D eigenvalue weighted by Crippen LogP contribution is -2.32. The average Bonchev–Trinajstić information content (AvgIpc) is 2.62. The predicted molar refractivity (Wildman–Crippen MR) is 101 cm³/mol. The fraction of sp³-hybridized carbons (Fsp3) is 0.455.